The number of aryl methyl sites for hydroxylation is 2. The predicted molar refractivity (Wildman–Crippen MR) is 122 cm³/mol. The first kappa shape index (κ1) is 24.0. The third-order valence-corrected chi connectivity index (χ3v) is 5.02. The van der Waals surface area contributed by atoms with Crippen LogP contribution in [0.15, 0.2) is 45.2 Å². The Balaban J connectivity index is 0.000000285. The van der Waals surface area contributed by atoms with Gasteiger partial charge >= 0.3 is 11.8 Å². The van der Waals surface area contributed by atoms with Crippen molar-refractivity contribution in [2.24, 2.45) is 16.6 Å². The van der Waals surface area contributed by atoms with Crippen LogP contribution in [0.4, 0.5) is 0 Å². The minimum Gasteiger partial charge on any atom is -0.417 e. The smallest absolute Gasteiger partial charge is 0.311 e. The Kier molecular flexibility index (Phi) is 9.12. The second-order valence-electron chi connectivity index (χ2n) is 7.56. The van der Waals surface area contributed by atoms with E-state index in [9.17, 15) is 4.79 Å². The first-order chi connectivity index (χ1) is 14.8. The van der Waals surface area contributed by atoms with Gasteiger partial charge in [0.05, 0.1) is 17.9 Å². The Hall–Kier alpha value is -3.29. The van der Waals surface area contributed by atoms with Crippen molar-refractivity contribution >= 4 is 18.2 Å². The number of nitrogens with zero attached hydrogens (tertiary/aromatic N) is 5. The molecular weight excluding hydrogens is 392 g/mol. The van der Waals surface area contributed by atoms with Gasteiger partial charge in [-0.3, -0.25) is 14.8 Å². The maximum absolute atomic E-state index is 12.3. The van der Waals surface area contributed by atoms with E-state index >= 15 is 0 Å². The highest BCUT2D eigenvalue weighted by molar-refractivity contribution is 5.89. The van der Waals surface area contributed by atoms with Gasteiger partial charge in [0.25, 0.3) is 0 Å². The summed E-state index contributed by atoms with van der Waals surface area (Å²) >= 11 is 0. The third kappa shape index (κ3) is 7.16. The fourth-order valence-electron chi connectivity index (χ4n) is 2.77. The summed E-state index contributed by atoms with van der Waals surface area (Å²) < 4.78 is 5.21. The van der Waals surface area contributed by atoms with Crippen molar-refractivity contribution < 1.29 is 9.21 Å². The topological polar surface area (TPSA) is 110 Å². The molecule has 3 heterocycles. The van der Waals surface area contributed by atoms with Gasteiger partial charge in [-0.2, -0.15) is 0 Å². The monoisotopic (exact) mass is 424 g/mol. The number of nitrogens with two attached hydrogens (primary N) is 1. The lowest BCUT2D eigenvalue weighted by Gasteiger charge is -2.27. The molecule has 1 aliphatic rings. The van der Waals surface area contributed by atoms with Crippen LogP contribution >= 0.6 is 0 Å². The Morgan fingerprint density at radius 1 is 1.35 bits per heavy atom. The SMILES string of the molecule is CCC(C)C=NC1=C(C)CCN(C(=O)c2nnc(C)o2)C1.Cc1cccnc1/C=C\N. The Labute approximate surface area is 184 Å². The molecule has 0 saturated heterocycles. The van der Waals surface area contributed by atoms with E-state index in [4.69, 9.17) is 10.2 Å². The minimum atomic E-state index is -0.223. The van der Waals surface area contributed by atoms with Crippen LogP contribution in [0.25, 0.3) is 6.08 Å². The summed E-state index contributed by atoms with van der Waals surface area (Å²) in [6.07, 6.45) is 8.88. The molecule has 3 rings (SSSR count). The van der Waals surface area contributed by atoms with Crippen molar-refractivity contribution in [2.45, 2.75) is 47.5 Å². The fraction of sp³-hybridized carbons (Fsp3) is 0.435. The molecule has 8 heteroatoms. The van der Waals surface area contributed by atoms with Crippen LogP contribution in [0.1, 0.15) is 61.4 Å². The summed E-state index contributed by atoms with van der Waals surface area (Å²) in [6, 6.07) is 3.91. The molecule has 1 atom stereocenters. The van der Waals surface area contributed by atoms with Crippen molar-refractivity contribution in [1.82, 2.24) is 20.1 Å². The summed E-state index contributed by atoms with van der Waals surface area (Å²) in [7, 11) is 0. The molecule has 1 amide bonds. The average Bonchev–Trinajstić information content (AvgIpc) is 3.21. The van der Waals surface area contributed by atoms with Crippen molar-refractivity contribution in [1.29, 1.82) is 0 Å². The normalized spacial score (nSPS) is 15.3. The summed E-state index contributed by atoms with van der Waals surface area (Å²) in [6.45, 7) is 11.2. The number of hydrogen-bond donors (Lipinski definition) is 1. The first-order valence-electron chi connectivity index (χ1n) is 10.5. The number of aliphatic imine (C=N–C) groups is 1. The molecule has 0 aliphatic carbocycles. The minimum absolute atomic E-state index is 0.0531. The molecular formula is C23H32N6O2. The van der Waals surface area contributed by atoms with Gasteiger partial charge in [-0.05, 0) is 62.1 Å². The van der Waals surface area contributed by atoms with E-state index in [1.54, 1.807) is 24.1 Å². The highest BCUT2D eigenvalue weighted by Crippen LogP contribution is 2.20. The molecule has 0 spiro atoms. The number of hydrogen-bond acceptors (Lipinski definition) is 7. The van der Waals surface area contributed by atoms with Crippen LogP contribution in [0.5, 0.6) is 0 Å². The molecule has 2 N–H and O–H groups in total. The largest absolute Gasteiger partial charge is 0.417 e. The summed E-state index contributed by atoms with van der Waals surface area (Å²) in [5.74, 6) is 0.670. The standard InChI is InChI=1S/C15H22N4O2.C8H10N2/c1-5-10(2)8-16-13-9-19(7-6-11(13)3)15(20)14-18-17-12(4)21-14;1-7-3-2-6-10-8(7)4-5-9/h8,10H,5-7,9H2,1-4H3;2-6H,9H2,1H3/b;5-4-. The molecule has 0 aromatic carbocycles. The van der Waals surface area contributed by atoms with E-state index in [0.717, 1.165) is 29.8 Å². The van der Waals surface area contributed by atoms with Gasteiger partial charge in [-0.25, -0.2) is 0 Å². The number of pyridine rings is 1. The van der Waals surface area contributed by atoms with Crippen LogP contribution in [-0.2, 0) is 0 Å². The Morgan fingerprint density at radius 2 is 2.13 bits per heavy atom. The highest BCUT2D eigenvalue weighted by Gasteiger charge is 2.25. The van der Waals surface area contributed by atoms with Crippen LogP contribution in [0, 0.1) is 19.8 Å². The van der Waals surface area contributed by atoms with E-state index in [1.807, 2.05) is 25.3 Å². The van der Waals surface area contributed by atoms with Crippen LogP contribution in [0.3, 0.4) is 0 Å². The van der Waals surface area contributed by atoms with Gasteiger partial charge in [0.1, 0.15) is 0 Å². The van der Waals surface area contributed by atoms with Gasteiger partial charge in [0, 0.05) is 25.9 Å². The lowest BCUT2D eigenvalue weighted by molar-refractivity contribution is 0.0721. The van der Waals surface area contributed by atoms with Gasteiger partial charge in [-0.1, -0.05) is 19.9 Å². The van der Waals surface area contributed by atoms with E-state index in [1.165, 1.54) is 11.8 Å². The molecule has 8 nitrogen and oxygen atoms in total. The first-order valence-corrected chi connectivity index (χ1v) is 10.5. The Bertz CT molecular complexity index is 960. The lowest BCUT2D eigenvalue weighted by atomic mass is 10.1. The quantitative estimate of drug-likeness (QED) is 0.728. The molecule has 31 heavy (non-hydrogen) atoms. The molecule has 2 aromatic rings. The predicted octanol–water partition coefficient (Wildman–Crippen LogP) is 3.93. The van der Waals surface area contributed by atoms with Crippen LogP contribution < -0.4 is 5.73 Å². The molecule has 166 valence electrons. The zero-order valence-corrected chi connectivity index (χ0v) is 19.0. The molecule has 0 fully saturated rings. The molecule has 1 aliphatic heterocycles. The maximum atomic E-state index is 12.3. The maximum Gasteiger partial charge on any atom is 0.311 e. The Morgan fingerprint density at radius 3 is 2.74 bits per heavy atom. The van der Waals surface area contributed by atoms with Gasteiger partial charge in [0.2, 0.25) is 5.89 Å². The number of carbonyl (C=O) groups excluding carboxylic acids is 1. The zero-order chi connectivity index (χ0) is 22.8. The molecule has 2 aromatic heterocycles. The van der Waals surface area contributed by atoms with Gasteiger partial charge < -0.3 is 15.1 Å². The molecule has 0 radical (unpaired) electrons. The number of rotatable bonds is 5. The summed E-state index contributed by atoms with van der Waals surface area (Å²) in [4.78, 5) is 22.7. The highest BCUT2D eigenvalue weighted by atomic mass is 16.4. The summed E-state index contributed by atoms with van der Waals surface area (Å²) in [5, 5.41) is 7.49. The molecule has 0 saturated carbocycles. The van der Waals surface area contributed by atoms with E-state index in [0.29, 0.717) is 24.9 Å². The molecule has 1 unspecified atom stereocenters. The van der Waals surface area contributed by atoms with E-state index < -0.39 is 0 Å². The average molecular weight is 425 g/mol. The van der Waals surface area contributed by atoms with E-state index in [2.05, 4.69) is 40.9 Å². The number of carbonyl (C=O) groups is 1. The van der Waals surface area contributed by atoms with Crippen LogP contribution in [0.2, 0.25) is 0 Å². The second kappa shape index (κ2) is 11.8. The van der Waals surface area contributed by atoms with Gasteiger partial charge in [0.15, 0.2) is 0 Å². The van der Waals surface area contributed by atoms with E-state index in [-0.39, 0.29) is 11.8 Å². The van der Waals surface area contributed by atoms with Crippen molar-refractivity contribution in [3.63, 3.8) is 0 Å². The third-order valence-electron chi connectivity index (χ3n) is 5.02. The van der Waals surface area contributed by atoms with Crippen molar-refractivity contribution in [3.05, 3.63) is 58.8 Å². The number of amides is 1. The fourth-order valence-corrected chi connectivity index (χ4v) is 2.77. The van der Waals surface area contributed by atoms with Crippen molar-refractivity contribution in [2.75, 3.05) is 13.1 Å². The second-order valence-corrected chi connectivity index (χ2v) is 7.56. The van der Waals surface area contributed by atoms with Crippen LogP contribution in [-0.4, -0.2) is 45.3 Å². The zero-order valence-electron chi connectivity index (χ0n) is 19.0. The molecule has 0 bridgehead atoms. The summed E-state index contributed by atoms with van der Waals surface area (Å²) in [5.41, 5.74) is 9.49. The number of aromatic nitrogens is 3. The van der Waals surface area contributed by atoms with Crippen molar-refractivity contribution in [3.8, 4) is 0 Å². The lowest BCUT2D eigenvalue weighted by Crippen LogP contribution is -2.36. The van der Waals surface area contributed by atoms with Gasteiger partial charge in [-0.15, -0.1) is 10.2 Å².